The largest absolute Gasteiger partial charge is 0.261 e. The molecule has 38 heavy (non-hydrogen) atoms. The standard InChI is InChI=1S/C35H29N3/c1-26-12-9-17-29(22-26)30-18-10-19-31(23-30)32-20-11-21-33(24-32)35(37-25-27-13-5-3-6-14-27)38-34(36-2)28-15-7-4-8-16-28/h3-24H,2,25H2,1H3. The summed E-state index contributed by atoms with van der Waals surface area (Å²) in [5.74, 6) is 1.17. The van der Waals surface area contributed by atoms with Crippen molar-refractivity contribution in [3.05, 3.63) is 156 Å². The molecule has 0 spiro atoms. The molecule has 184 valence electrons. The number of aliphatic imine (C=N–C) groups is 3. The van der Waals surface area contributed by atoms with Gasteiger partial charge in [-0.15, -0.1) is 0 Å². The Kier molecular flexibility index (Phi) is 7.76. The highest BCUT2D eigenvalue weighted by molar-refractivity contribution is 6.13. The van der Waals surface area contributed by atoms with Crippen LogP contribution in [0.2, 0.25) is 0 Å². The van der Waals surface area contributed by atoms with Crippen LogP contribution < -0.4 is 0 Å². The van der Waals surface area contributed by atoms with Crippen LogP contribution in [0.3, 0.4) is 0 Å². The zero-order chi connectivity index (χ0) is 26.2. The van der Waals surface area contributed by atoms with Crippen molar-refractivity contribution in [3.8, 4) is 22.3 Å². The first-order valence-electron chi connectivity index (χ1n) is 12.7. The van der Waals surface area contributed by atoms with Crippen molar-refractivity contribution in [1.29, 1.82) is 0 Å². The lowest BCUT2D eigenvalue weighted by atomic mass is 9.97. The predicted molar refractivity (Wildman–Crippen MR) is 161 cm³/mol. The third kappa shape index (κ3) is 6.08. The van der Waals surface area contributed by atoms with Crippen molar-refractivity contribution in [2.45, 2.75) is 13.5 Å². The summed E-state index contributed by atoms with van der Waals surface area (Å²) in [6.45, 7) is 6.42. The maximum Gasteiger partial charge on any atom is 0.161 e. The Morgan fingerprint density at radius 3 is 1.76 bits per heavy atom. The number of nitrogens with zero attached hydrogens (tertiary/aromatic N) is 3. The van der Waals surface area contributed by atoms with E-state index in [0.717, 1.165) is 27.8 Å². The third-order valence-corrected chi connectivity index (χ3v) is 6.32. The molecule has 0 aliphatic rings. The average molecular weight is 492 g/mol. The highest BCUT2D eigenvalue weighted by Gasteiger charge is 2.09. The average Bonchev–Trinajstić information content (AvgIpc) is 2.98. The normalized spacial score (nSPS) is 11.8. The van der Waals surface area contributed by atoms with Gasteiger partial charge in [0.25, 0.3) is 0 Å². The van der Waals surface area contributed by atoms with Gasteiger partial charge in [-0.2, -0.15) is 0 Å². The Morgan fingerprint density at radius 1 is 0.553 bits per heavy atom. The molecule has 0 bridgehead atoms. The molecule has 0 radical (unpaired) electrons. The zero-order valence-corrected chi connectivity index (χ0v) is 21.5. The Hall–Kier alpha value is -4.89. The quantitative estimate of drug-likeness (QED) is 0.169. The number of amidine groups is 2. The van der Waals surface area contributed by atoms with Gasteiger partial charge in [0.15, 0.2) is 11.7 Å². The molecule has 0 atom stereocenters. The summed E-state index contributed by atoms with van der Waals surface area (Å²) in [6.07, 6.45) is 0. The molecule has 3 heteroatoms. The van der Waals surface area contributed by atoms with Crippen LogP contribution in [0, 0.1) is 6.92 Å². The second kappa shape index (κ2) is 11.9. The topological polar surface area (TPSA) is 37.1 Å². The molecule has 3 nitrogen and oxygen atoms in total. The van der Waals surface area contributed by atoms with Gasteiger partial charge in [-0.25, -0.2) is 9.98 Å². The van der Waals surface area contributed by atoms with Crippen molar-refractivity contribution in [3.63, 3.8) is 0 Å². The van der Waals surface area contributed by atoms with Crippen molar-refractivity contribution in [2.75, 3.05) is 0 Å². The molecule has 0 aliphatic heterocycles. The monoisotopic (exact) mass is 491 g/mol. The van der Waals surface area contributed by atoms with Gasteiger partial charge in [0, 0.05) is 11.1 Å². The molecule has 0 N–H and O–H groups in total. The third-order valence-electron chi connectivity index (χ3n) is 6.32. The molecule has 5 rings (SSSR count). The predicted octanol–water partition coefficient (Wildman–Crippen LogP) is 8.42. The molecule has 5 aromatic rings. The minimum absolute atomic E-state index is 0.520. The molecular formula is C35H29N3. The first kappa shape index (κ1) is 24.8. The van der Waals surface area contributed by atoms with Gasteiger partial charge in [0.1, 0.15) is 0 Å². The zero-order valence-electron chi connectivity index (χ0n) is 21.5. The second-order valence-electron chi connectivity index (χ2n) is 9.12. The summed E-state index contributed by atoms with van der Waals surface area (Å²) >= 11 is 0. The fraction of sp³-hybridized carbons (Fsp3) is 0.0571. The van der Waals surface area contributed by atoms with E-state index in [2.05, 4.69) is 97.5 Å². The molecule has 0 aromatic heterocycles. The number of benzene rings is 5. The highest BCUT2D eigenvalue weighted by Crippen LogP contribution is 2.28. The van der Waals surface area contributed by atoms with Gasteiger partial charge in [0.05, 0.1) is 6.54 Å². The maximum atomic E-state index is 4.93. The van der Waals surface area contributed by atoms with Crippen LogP contribution in [-0.4, -0.2) is 18.4 Å². The Morgan fingerprint density at radius 2 is 1.11 bits per heavy atom. The summed E-state index contributed by atoms with van der Waals surface area (Å²) in [5.41, 5.74) is 8.84. The van der Waals surface area contributed by atoms with Crippen LogP contribution in [-0.2, 0) is 6.54 Å². The number of hydrogen-bond acceptors (Lipinski definition) is 1. The van der Waals surface area contributed by atoms with Crippen molar-refractivity contribution < 1.29 is 0 Å². The van der Waals surface area contributed by atoms with Crippen LogP contribution in [0.15, 0.2) is 148 Å². The Balaban J connectivity index is 1.55. The Labute approximate surface area is 224 Å². The summed E-state index contributed by atoms with van der Waals surface area (Å²) in [4.78, 5) is 14.1. The molecule has 0 fully saturated rings. The molecule has 0 aliphatic carbocycles. The van der Waals surface area contributed by atoms with E-state index >= 15 is 0 Å². The van der Waals surface area contributed by atoms with E-state index in [1.54, 1.807) is 0 Å². The fourth-order valence-corrected chi connectivity index (χ4v) is 4.36. The van der Waals surface area contributed by atoms with E-state index < -0.39 is 0 Å². The summed E-state index contributed by atoms with van der Waals surface area (Å²) in [5, 5.41) is 0. The van der Waals surface area contributed by atoms with Gasteiger partial charge in [0.2, 0.25) is 0 Å². The van der Waals surface area contributed by atoms with Gasteiger partial charge in [-0.1, -0.05) is 127 Å². The van der Waals surface area contributed by atoms with Gasteiger partial charge in [-0.05, 0) is 53.6 Å². The molecule has 0 unspecified atom stereocenters. The van der Waals surface area contributed by atoms with E-state index in [0.29, 0.717) is 18.2 Å². The molecular weight excluding hydrogens is 462 g/mol. The lowest BCUT2D eigenvalue weighted by molar-refractivity contribution is 1.06. The summed E-state index contributed by atoms with van der Waals surface area (Å²) < 4.78 is 0. The molecule has 0 saturated carbocycles. The lowest BCUT2D eigenvalue weighted by Gasteiger charge is -2.10. The van der Waals surface area contributed by atoms with E-state index in [1.165, 1.54) is 16.7 Å². The van der Waals surface area contributed by atoms with Crippen LogP contribution in [0.5, 0.6) is 0 Å². The number of hydrogen-bond donors (Lipinski definition) is 0. The minimum Gasteiger partial charge on any atom is -0.261 e. The SMILES string of the molecule is C=NC(=NC(=NCc1ccccc1)c1cccc(-c2cccc(-c3cccc(C)c3)c2)c1)c1ccccc1. The summed E-state index contributed by atoms with van der Waals surface area (Å²) in [7, 11) is 0. The first-order valence-corrected chi connectivity index (χ1v) is 12.7. The van der Waals surface area contributed by atoms with Crippen LogP contribution in [0.4, 0.5) is 0 Å². The number of aryl methyl sites for hydroxylation is 1. The molecule has 0 saturated heterocycles. The smallest absolute Gasteiger partial charge is 0.161 e. The van der Waals surface area contributed by atoms with E-state index in [-0.39, 0.29) is 0 Å². The number of rotatable bonds is 6. The summed E-state index contributed by atoms with van der Waals surface area (Å²) in [6, 6.07) is 45.7. The highest BCUT2D eigenvalue weighted by atomic mass is 15.0. The van der Waals surface area contributed by atoms with E-state index in [9.17, 15) is 0 Å². The lowest BCUT2D eigenvalue weighted by Crippen LogP contribution is -2.05. The fourth-order valence-electron chi connectivity index (χ4n) is 4.36. The molecule has 5 aromatic carbocycles. The van der Waals surface area contributed by atoms with Crippen molar-refractivity contribution in [2.24, 2.45) is 15.0 Å². The van der Waals surface area contributed by atoms with E-state index in [1.807, 2.05) is 54.6 Å². The molecule has 0 heterocycles. The Bertz CT molecular complexity index is 1600. The van der Waals surface area contributed by atoms with Crippen LogP contribution in [0.25, 0.3) is 22.3 Å². The van der Waals surface area contributed by atoms with E-state index in [4.69, 9.17) is 9.98 Å². The minimum atomic E-state index is 0.520. The van der Waals surface area contributed by atoms with Gasteiger partial charge < -0.3 is 0 Å². The first-order chi connectivity index (χ1) is 18.7. The maximum absolute atomic E-state index is 4.93. The molecule has 0 amide bonds. The second-order valence-corrected chi connectivity index (χ2v) is 9.12. The van der Waals surface area contributed by atoms with Gasteiger partial charge >= 0.3 is 0 Å². The van der Waals surface area contributed by atoms with Gasteiger partial charge in [-0.3, -0.25) is 4.99 Å². The van der Waals surface area contributed by atoms with Crippen molar-refractivity contribution >= 4 is 18.4 Å². The van der Waals surface area contributed by atoms with Crippen molar-refractivity contribution in [1.82, 2.24) is 0 Å². The van der Waals surface area contributed by atoms with Crippen LogP contribution >= 0.6 is 0 Å². The van der Waals surface area contributed by atoms with Crippen LogP contribution in [0.1, 0.15) is 22.3 Å².